The molecule has 0 aliphatic heterocycles. The van der Waals surface area contributed by atoms with Crippen LogP contribution in [-0.4, -0.2) is 49.6 Å². The average Bonchev–Trinajstić information content (AvgIpc) is 2.87. The van der Waals surface area contributed by atoms with Gasteiger partial charge in [0, 0.05) is 12.1 Å². The van der Waals surface area contributed by atoms with Crippen molar-refractivity contribution in [3.05, 3.63) is 94.3 Å². The van der Waals surface area contributed by atoms with Gasteiger partial charge in [0.25, 0.3) is 0 Å². The Kier molecular flexibility index (Phi) is 9.98. The van der Waals surface area contributed by atoms with Crippen LogP contribution < -0.4 is 5.32 Å². The number of carbonyl (C=O) groups is 1. The predicted octanol–water partition coefficient (Wildman–Crippen LogP) is 5.43. The number of aliphatic hydroxyl groups is 1. The number of halogens is 1. The van der Waals surface area contributed by atoms with Crippen molar-refractivity contribution in [1.82, 2.24) is 5.32 Å². The molecule has 37 heavy (non-hydrogen) atoms. The number of aliphatic hydroxyl groups excluding tert-OH is 1. The molecule has 0 aliphatic carbocycles. The number of hydrogen-bond acceptors (Lipinski definition) is 5. The summed E-state index contributed by atoms with van der Waals surface area (Å²) in [6, 6.07) is 19.1. The highest BCUT2D eigenvalue weighted by atomic mass is 19.1. The van der Waals surface area contributed by atoms with Gasteiger partial charge in [-0.25, -0.2) is 9.18 Å². The van der Waals surface area contributed by atoms with Crippen LogP contribution in [0.15, 0.2) is 60.7 Å². The number of benzene rings is 3. The van der Waals surface area contributed by atoms with Gasteiger partial charge in [0.05, 0.1) is 32.0 Å². The number of methoxy groups -OCH3 is 1. The lowest BCUT2D eigenvalue weighted by Crippen LogP contribution is -2.46. The molecule has 0 aromatic heterocycles. The standard InChI is InChI=1S/C31H38FNO4/c1-21-10-11-23(17-29(21)32)18-31(3,4)33-19-26(34)20-37-15-14-24-8-6-7-9-28(24)25-12-13-27(22(2)16-25)30(35)36-5/h6-13,16-17,26,33-34H,14-15,18-20H2,1-5H3/t26-/m0/s1. The molecule has 0 radical (unpaired) electrons. The maximum atomic E-state index is 13.9. The van der Waals surface area contributed by atoms with E-state index in [0.29, 0.717) is 37.1 Å². The van der Waals surface area contributed by atoms with Crippen LogP contribution in [-0.2, 0) is 22.3 Å². The highest BCUT2D eigenvalue weighted by Gasteiger charge is 2.20. The van der Waals surface area contributed by atoms with Crippen LogP contribution in [0.25, 0.3) is 11.1 Å². The Bertz CT molecular complexity index is 1210. The van der Waals surface area contributed by atoms with Gasteiger partial charge in [0.15, 0.2) is 0 Å². The van der Waals surface area contributed by atoms with E-state index < -0.39 is 6.10 Å². The van der Waals surface area contributed by atoms with Gasteiger partial charge >= 0.3 is 5.97 Å². The second-order valence-electron chi connectivity index (χ2n) is 10.2. The summed E-state index contributed by atoms with van der Waals surface area (Å²) in [6.45, 7) is 8.79. The second-order valence-corrected chi connectivity index (χ2v) is 10.2. The van der Waals surface area contributed by atoms with E-state index >= 15 is 0 Å². The third kappa shape index (κ3) is 8.22. The summed E-state index contributed by atoms with van der Waals surface area (Å²) in [7, 11) is 1.38. The Morgan fingerprint density at radius 1 is 1.05 bits per heavy atom. The largest absolute Gasteiger partial charge is 0.465 e. The van der Waals surface area contributed by atoms with Gasteiger partial charge in [-0.2, -0.15) is 0 Å². The summed E-state index contributed by atoms with van der Waals surface area (Å²) < 4.78 is 24.5. The highest BCUT2D eigenvalue weighted by molar-refractivity contribution is 5.91. The van der Waals surface area contributed by atoms with Gasteiger partial charge in [-0.15, -0.1) is 0 Å². The van der Waals surface area contributed by atoms with Crippen molar-refractivity contribution in [1.29, 1.82) is 0 Å². The van der Waals surface area contributed by atoms with Crippen LogP contribution in [0.3, 0.4) is 0 Å². The normalized spacial score (nSPS) is 12.4. The van der Waals surface area contributed by atoms with E-state index in [1.807, 2.05) is 51.1 Å². The summed E-state index contributed by atoms with van der Waals surface area (Å²) in [5.74, 6) is -0.539. The molecule has 5 nitrogen and oxygen atoms in total. The number of ether oxygens (including phenoxy) is 2. The van der Waals surface area contributed by atoms with Crippen molar-refractivity contribution in [2.75, 3.05) is 26.9 Å². The zero-order chi connectivity index (χ0) is 27.0. The summed E-state index contributed by atoms with van der Waals surface area (Å²) in [5.41, 5.74) is 5.92. The summed E-state index contributed by atoms with van der Waals surface area (Å²) in [6.07, 6.45) is 0.686. The lowest BCUT2D eigenvalue weighted by molar-refractivity contribution is 0.0349. The van der Waals surface area contributed by atoms with E-state index in [1.165, 1.54) is 7.11 Å². The Morgan fingerprint density at radius 3 is 2.51 bits per heavy atom. The first kappa shape index (κ1) is 28.5. The molecule has 0 heterocycles. The first-order valence-corrected chi connectivity index (χ1v) is 12.6. The second kappa shape index (κ2) is 13.0. The van der Waals surface area contributed by atoms with Crippen molar-refractivity contribution >= 4 is 5.97 Å². The minimum absolute atomic E-state index is 0.198. The minimum atomic E-state index is -0.655. The molecule has 0 amide bonds. The molecule has 3 aromatic rings. The first-order chi connectivity index (χ1) is 17.6. The van der Waals surface area contributed by atoms with Gasteiger partial charge in [0.1, 0.15) is 5.82 Å². The lowest BCUT2D eigenvalue weighted by Gasteiger charge is -2.28. The fourth-order valence-corrected chi connectivity index (χ4v) is 4.36. The smallest absolute Gasteiger partial charge is 0.338 e. The summed E-state index contributed by atoms with van der Waals surface area (Å²) >= 11 is 0. The van der Waals surface area contributed by atoms with Gasteiger partial charge in [0.2, 0.25) is 0 Å². The van der Waals surface area contributed by atoms with E-state index in [4.69, 9.17) is 9.47 Å². The van der Waals surface area contributed by atoms with Crippen LogP contribution in [0.4, 0.5) is 4.39 Å². The molecule has 0 bridgehead atoms. The Balaban J connectivity index is 1.49. The fraction of sp³-hybridized carbons (Fsp3) is 0.387. The SMILES string of the molecule is COC(=O)c1ccc(-c2ccccc2CCOC[C@@H](O)CNC(C)(C)Cc2ccc(C)c(F)c2)cc1C. The lowest BCUT2D eigenvalue weighted by atomic mass is 9.94. The van der Waals surface area contributed by atoms with Gasteiger partial charge in [-0.1, -0.05) is 48.5 Å². The molecule has 0 fully saturated rings. The van der Waals surface area contributed by atoms with Gasteiger partial charge in [-0.05, 0) is 86.1 Å². The summed E-state index contributed by atoms with van der Waals surface area (Å²) in [5, 5.41) is 13.8. The van der Waals surface area contributed by atoms with Crippen molar-refractivity contribution in [3.8, 4) is 11.1 Å². The third-order valence-corrected chi connectivity index (χ3v) is 6.48. The quantitative estimate of drug-likeness (QED) is 0.253. The first-order valence-electron chi connectivity index (χ1n) is 12.6. The van der Waals surface area contributed by atoms with Crippen LogP contribution in [0, 0.1) is 19.7 Å². The van der Waals surface area contributed by atoms with Crippen LogP contribution in [0.2, 0.25) is 0 Å². The van der Waals surface area contributed by atoms with Crippen molar-refractivity contribution < 1.29 is 23.8 Å². The average molecular weight is 508 g/mol. The number of β-amino-alcohol motifs (C(OH)–C–C–N with tert-alkyl or cyclic N) is 1. The maximum absolute atomic E-state index is 13.9. The van der Waals surface area contributed by atoms with E-state index in [-0.39, 0.29) is 23.9 Å². The molecule has 0 saturated heterocycles. The topological polar surface area (TPSA) is 67.8 Å². The number of rotatable bonds is 12. The monoisotopic (exact) mass is 507 g/mol. The van der Waals surface area contributed by atoms with Crippen molar-refractivity contribution in [3.63, 3.8) is 0 Å². The minimum Gasteiger partial charge on any atom is -0.465 e. The predicted molar refractivity (Wildman–Crippen MR) is 145 cm³/mol. The molecule has 2 N–H and O–H groups in total. The molecule has 0 unspecified atom stereocenters. The van der Waals surface area contributed by atoms with E-state index in [9.17, 15) is 14.3 Å². The van der Waals surface area contributed by atoms with Crippen molar-refractivity contribution in [2.45, 2.75) is 52.2 Å². The van der Waals surface area contributed by atoms with Crippen LogP contribution >= 0.6 is 0 Å². The van der Waals surface area contributed by atoms with Crippen LogP contribution in [0.5, 0.6) is 0 Å². The van der Waals surface area contributed by atoms with E-state index in [2.05, 4.69) is 17.4 Å². The zero-order valence-electron chi connectivity index (χ0n) is 22.4. The maximum Gasteiger partial charge on any atom is 0.338 e. The number of hydrogen-bond donors (Lipinski definition) is 2. The molecule has 0 saturated carbocycles. The molecule has 198 valence electrons. The number of aryl methyl sites for hydroxylation is 2. The molecule has 0 aliphatic rings. The molecule has 6 heteroatoms. The number of carbonyl (C=O) groups excluding carboxylic acids is 1. The number of nitrogens with one attached hydrogen (secondary N) is 1. The van der Waals surface area contributed by atoms with E-state index in [1.54, 1.807) is 25.1 Å². The fourth-order valence-electron chi connectivity index (χ4n) is 4.36. The Hall–Kier alpha value is -3.06. The van der Waals surface area contributed by atoms with E-state index in [0.717, 1.165) is 27.8 Å². The molecule has 1 atom stereocenters. The molecular formula is C31H38FNO4. The Morgan fingerprint density at radius 2 is 1.81 bits per heavy atom. The van der Waals surface area contributed by atoms with Gasteiger partial charge < -0.3 is 19.9 Å². The molecule has 3 aromatic carbocycles. The molecule has 3 rings (SSSR count). The van der Waals surface area contributed by atoms with Crippen molar-refractivity contribution in [2.24, 2.45) is 0 Å². The Labute approximate surface area is 219 Å². The third-order valence-electron chi connectivity index (χ3n) is 6.48. The molecule has 0 spiro atoms. The molecular weight excluding hydrogens is 469 g/mol. The summed E-state index contributed by atoms with van der Waals surface area (Å²) in [4.78, 5) is 11.9. The zero-order valence-corrected chi connectivity index (χ0v) is 22.4. The van der Waals surface area contributed by atoms with Crippen LogP contribution in [0.1, 0.15) is 46.5 Å². The highest BCUT2D eigenvalue weighted by Crippen LogP contribution is 2.26. The number of esters is 1. The van der Waals surface area contributed by atoms with Gasteiger partial charge in [-0.3, -0.25) is 0 Å².